The van der Waals surface area contributed by atoms with Crippen LogP contribution in [0.2, 0.25) is 0 Å². The van der Waals surface area contributed by atoms with E-state index in [0.717, 1.165) is 17.7 Å². The van der Waals surface area contributed by atoms with Crippen LogP contribution < -0.4 is 0 Å². The number of hydrogen-bond donors (Lipinski definition) is 0. The summed E-state index contributed by atoms with van der Waals surface area (Å²) in [5.41, 5.74) is 1.75. The van der Waals surface area contributed by atoms with E-state index in [-0.39, 0.29) is 5.12 Å². The molecule has 0 radical (unpaired) electrons. The molecule has 0 saturated carbocycles. The normalized spacial score (nSPS) is 10.2. The zero-order valence-corrected chi connectivity index (χ0v) is 9.96. The quantitative estimate of drug-likeness (QED) is 0.747. The highest BCUT2D eigenvalue weighted by molar-refractivity contribution is 8.13. The third kappa shape index (κ3) is 4.81. The largest absolute Gasteiger partial charge is 0.288 e. The van der Waals surface area contributed by atoms with Gasteiger partial charge in [-0.25, -0.2) is 0 Å². The number of allylic oxidation sites excluding steroid dienone is 1. The number of carbonyl (C=O) groups excluding carboxylic acids is 1. The van der Waals surface area contributed by atoms with Gasteiger partial charge in [-0.15, -0.1) is 0 Å². The molecule has 0 aliphatic rings. The Morgan fingerprint density at radius 3 is 2.69 bits per heavy atom. The minimum Gasteiger partial charge on any atom is -0.288 e. The van der Waals surface area contributed by atoms with Crippen molar-refractivity contribution in [3.8, 4) is 6.07 Å². The minimum atomic E-state index is 0.159. The van der Waals surface area contributed by atoms with Crippen molar-refractivity contribution in [2.45, 2.75) is 13.3 Å². The number of carbonyl (C=O) groups is 1. The van der Waals surface area contributed by atoms with Gasteiger partial charge >= 0.3 is 0 Å². The highest BCUT2D eigenvalue weighted by Crippen LogP contribution is 2.08. The molecule has 0 atom stereocenters. The third-order valence-electron chi connectivity index (χ3n) is 1.94. The van der Waals surface area contributed by atoms with E-state index in [1.165, 1.54) is 11.8 Å². The summed E-state index contributed by atoms with van der Waals surface area (Å²) in [6.07, 6.45) is 4.92. The van der Waals surface area contributed by atoms with Crippen LogP contribution >= 0.6 is 11.8 Å². The first kappa shape index (κ1) is 12.5. The maximum absolute atomic E-state index is 10.7. The lowest BCUT2D eigenvalue weighted by molar-refractivity contribution is -0.109. The van der Waals surface area contributed by atoms with E-state index in [0.29, 0.717) is 5.56 Å². The van der Waals surface area contributed by atoms with Crippen molar-refractivity contribution in [3.05, 3.63) is 41.5 Å². The summed E-state index contributed by atoms with van der Waals surface area (Å²) in [6.45, 7) is 1.58. The molecule has 0 aliphatic carbocycles. The van der Waals surface area contributed by atoms with Crippen LogP contribution in [0.1, 0.15) is 24.5 Å². The molecule has 82 valence electrons. The SMILES string of the molecule is CC(=O)SCCC=Cc1ccc(C#N)cc1. The van der Waals surface area contributed by atoms with E-state index in [4.69, 9.17) is 5.26 Å². The van der Waals surface area contributed by atoms with Gasteiger partial charge in [0.15, 0.2) is 5.12 Å². The van der Waals surface area contributed by atoms with Crippen molar-refractivity contribution in [2.75, 3.05) is 5.75 Å². The first-order valence-electron chi connectivity index (χ1n) is 5.02. The Morgan fingerprint density at radius 2 is 2.12 bits per heavy atom. The smallest absolute Gasteiger partial charge is 0.185 e. The Hall–Kier alpha value is -1.53. The second-order valence-corrected chi connectivity index (χ2v) is 4.54. The molecule has 3 heteroatoms. The van der Waals surface area contributed by atoms with Gasteiger partial charge in [0, 0.05) is 12.7 Å². The molecule has 0 bridgehead atoms. The Bertz CT molecular complexity index is 415. The summed E-state index contributed by atoms with van der Waals surface area (Å²) in [5, 5.41) is 8.78. The van der Waals surface area contributed by atoms with Gasteiger partial charge < -0.3 is 0 Å². The average molecular weight is 231 g/mol. The van der Waals surface area contributed by atoms with Crippen molar-refractivity contribution in [3.63, 3.8) is 0 Å². The maximum Gasteiger partial charge on any atom is 0.185 e. The van der Waals surface area contributed by atoms with Crippen molar-refractivity contribution >= 4 is 23.0 Å². The molecule has 0 aliphatic heterocycles. The van der Waals surface area contributed by atoms with Crippen molar-refractivity contribution < 1.29 is 4.79 Å². The molecule has 1 aromatic carbocycles. The molecule has 0 heterocycles. The zero-order valence-electron chi connectivity index (χ0n) is 9.14. The molecule has 1 aromatic rings. The summed E-state index contributed by atoms with van der Waals surface area (Å²) < 4.78 is 0. The summed E-state index contributed by atoms with van der Waals surface area (Å²) in [7, 11) is 0. The van der Waals surface area contributed by atoms with Crippen molar-refractivity contribution in [1.29, 1.82) is 5.26 Å². The third-order valence-corrected chi connectivity index (χ3v) is 2.79. The fraction of sp³-hybridized carbons (Fsp3) is 0.231. The Morgan fingerprint density at radius 1 is 1.44 bits per heavy atom. The molecule has 2 nitrogen and oxygen atoms in total. The summed E-state index contributed by atoms with van der Waals surface area (Å²) in [4.78, 5) is 10.7. The summed E-state index contributed by atoms with van der Waals surface area (Å²) >= 11 is 1.34. The molecule has 0 spiro atoms. The fourth-order valence-corrected chi connectivity index (χ4v) is 1.70. The average Bonchev–Trinajstić information content (AvgIpc) is 2.29. The van der Waals surface area contributed by atoms with Crippen LogP contribution in [-0.2, 0) is 4.79 Å². The monoisotopic (exact) mass is 231 g/mol. The predicted molar refractivity (Wildman–Crippen MR) is 67.9 cm³/mol. The number of thioether (sulfide) groups is 1. The van der Waals surface area contributed by atoms with E-state index in [2.05, 4.69) is 6.07 Å². The molecule has 16 heavy (non-hydrogen) atoms. The van der Waals surface area contributed by atoms with E-state index in [1.54, 1.807) is 19.1 Å². The maximum atomic E-state index is 10.7. The first-order chi connectivity index (χ1) is 7.72. The molecule has 0 amide bonds. The lowest BCUT2D eigenvalue weighted by Crippen LogP contribution is -1.83. The molecule has 0 fully saturated rings. The van der Waals surface area contributed by atoms with Gasteiger partial charge in [0.1, 0.15) is 0 Å². The van der Waals surface area contributed by atoms with Crippen LogP contribution in [0.4, 0.5) is 0 Å². The summed E-state index contributed by atoms with van der Waals surface area (Å²) in [5.74, 6) is 0.822. The van der Waals surface area contributed by atoms with Crippen LogP contribution in [0, 0.1) is 11.3 Å². The van der Waals surface area contributed by atoms with Gasteiger partial charge in [-0.3, -0.25) is 4.79 Å². The van der Waals surface area contributed by atoms with E-state index < -0.39 is 0 Å². The molecule has 0 N–H and O–H groups in total. The molecular weight excluding hydrogens is 218 g/mol. The highest BCUT2D eigenvalue weighted by atomic mass is 32.2. The number of benzene rings is 1. The van der Waals surface area contributed by atoms with Crippen LogP contribution in [0.15, 0.2) is 30.3 Å². The minimum absolute atomic E-state index is 0.159. The molecular formula is C13H13NOS. The topological polar surface area (TPSA) is 40.9 Å². The van der Waals surface area contributed by atoms with E-state index >= 15 is 0 Å². The van der Waals surface area contributed by atoms with Crippen molar-refractivity contribution in [1.82, 2.24) is 0 Å². The number of rotatable bonds is 4. The van der Waals surface area contributed by atoms with Gasteiger partial charge in [-0.2, -0.15) is 5.26 Å². The van der Waals surface area contributed by atoms with Crippen molar-refractivity contribution in [2.24, 2.45) is 0 Å². The molecule has 0 aromatic heterocycles. The number of hydrogen-bond acceptors (Lipinski definition) is 3. The van der Waals surface area contributed by atoms with Gasteiger partial charge in [-0.1, -0.05) is 36.0 Å². The number of nitrogens with zero attached hydrogens (tertiary/aromatic N) is 1. The molecule has 0 saturated heterocycles. The fourth-order valence-electron chi connectivity index (χ4n) is 1.16. The predicted octanol–water partition coefficient (Wildman–Crippen LogP) is 3.24. The Labute approximate surface area is 100.0 Å². The van der Waals surface area contributed by atoms with E-state index in [9.17, 15) is 4.79 Å². The lowest BCUT2D eigenvalue weighted by atomic mass is 10.1. The Balaban J connectivity index is 2.38. The second kappa shape index (κ2) is 6.86. The Kier molecular flexibility index (Phi) is 5.38. The second-order valence-electron chi connectivity index (χ2n) is 3.26. The van der Waals surface area contributed by atoms with Gasteiger partial charge in [0.2, 0.25) is 0 Å². The van der Waals surface area contributed by atoms with Crippen LogP contribution in [0.3, 0.4) is 0 Å². The zero-order chi connectivity index (χ0) is 11.8. The van der Waals surface area contributed by atoms with Gasteiger partial charge in [0.25, 0.3) is 0 Å². The summed E-state index contributed by atoms with van der Waals surface area (Å²) in [6, 6.07) is 9.49. The lowest BCUT2D eigenvalue weighted by Gasteiger charge is -1.94. The van der Waals surface area contributed by atoms with Crippen LogP contribution in [0.5, 0.6) is 0 Å². The molecule has 0 unspecified atom stereocenters. The van der Waals surface area contributed by atoms with Gasteiger partial charge in [0.05, 0.1) is 11.6 Å². The number of nitriles is 1. The standard InChI is InChI=1S/C13H13NOS/c1-11(15)16-9-3-2-4-12-5-7-13(10-14)8-6-12/h2,4-8H,3,9H2,1H3. The first-order valence-corrected chi connectivity index (χ1v) is 6.01. The van der Waals surface area contributed by atoms with Gasteiger partial charge in [-0.05, 0) is 24.1 Å². The van der Waals surface area contributed by atoms with Crippen LogP contribution in [0.25, 0.3) is 6.08 Å². The highest BCUT2D eigenvalue weighted by Gasteiger charge is 1.92. The molecule has 1 rings (SSSR count). The van der Waals surface area contributed by atoms with E-state index in [1.807, 2.05) is 24.3 Å². The van der Waals surface area contributed by atoms with Crippen LogP contribution in [-0.4, -0.2) is 10.9 Å².